The van der Waals surface area contributed by atoms with Gasteiger partial charge in [-0.15, -0.1) is 0 Å². The van der Waals surface area contributed by atoms with Gasteiger partial charge in [-0.25, -0.2) is 12.7 Å². The van der Waals surface area contributed by atoms with E-state index in [0.29, 0.717) is 25.6 Å². The van der Waals surface area contributed by atoms with Crippen molar-refractivity contribution in [2.45, 2.75) is 27.2 Å². The lowest BCUT2D eigenvalue weighted by Crippen LogP contribution is -2.38. The molecule has 0 unspecified atom stereocenters. The predicted molar refractivity (Wildman–Crippen MR) is 69.2 cm³/mol. The highest BCUT2D eigenvalue weighted by Gasteiger charge is 2.14. The summed E-state index contributed by atoms with van der Waals surface area (Å²) in [7, 11) is -1.64. The maximum absolute atomic E-state index is 11.4. The van der Waals surface area contributed by atoms with Gasteiger partial charge in [-0.1, -0.05) is 13.8 Å². The molecule has 0 aliphatic carbocycles. The van der Waals surface area contributed by atoms with Gasteiger partial charge in [0.25, 0.3) is 0 Å². The van der Waals surface area contributed by atoms with Crippen LogP contribution in [0.2, 0.25) is 0 Å². The van der Waals surface area contributed by atoms with E-state index in [-0.39, 0.29) is 5.91 Å². The molecule has 0 heterocycles. The average molecular weight is 264 g/mol. The van der Waals surface area contributed by atoms with E-state index >= 15 is 0 Å². The fourth-order valence-corrected chi connectivity index (χ4v) is 1.68. The quantitative estimate of drug-likeness (QED) is 0.682. The average Bonchev–Trinajstić information content (AvgIpc) is 2.14. The molecule has 0 aromatic heterocycles. The van der Waals surface area contributed by atoms with Crippen LogP contribution in [0.3, 0.4) is 0 Å². The van der Waals surface area contributed by atoms with E-state index in [2.05, 4.69) is 13.8 Å². The van der Waals surface area contributed by atoms with Gasteiger partial charge >= 0.3 is 0 Å². The highest BCUT2D eigenvalue weighted by atomic mass is 32.2. The number of sulfonamides is 1. The molecule has 0 atom stereocenters. The molecule has 0 spiro atoms. The van der Waals surface area contributed by atoms with Crippen LogP contribution in [0.25, 0.3) is 0 Å². The van der Waals surface area contributed by atoms with Gasteiger partial charge < -0.3 is 4.90 Å². The second kappa shape index (κ2) is 6.96. The highest BCUT2D eigenvalue weighted by molar-refractivity contribution is 7.88. The Hall–Kier alpha value is -0.620. The Balaban J connectivity index is 4.23. The minimum absolute atomic E-state index is 0.00690. The lowest BCUT2D eigenvalue weighted by molar-refractivity contribution is -0.129. The largest absolute Gasteiger partial charge is 0.342 e. The van der Waals surface area contributed by atoms with Gasteiger partial charge in [-0.3, -0.25) is 4.79 Å². The molecule has 0 fully saturated rings. The van der Waals surface area contributed by atoms with Crippen LogP contribution in [0.5, 0.6) is 0 Å². The zero-order valence-electron chi connectivity index (χ0n) is 11.4. The third-order valence-corrected chi connectivity index (χ3v) is 3.99. The van der Waals surface area contributed by atoms with Crippen molar-refractivity contribution in [3.8, 4) is 0 Å². The topological polar surface area (TPSA) is 57.7 Å². The standard InChI is InChI=1S/C11H24N2O3S/c1-10(2)6-7-13(11(3)14)9-8-12(4)17(5,15)16/h10H,6-9H2,1-5H3. The third-order valence-electron chi connectivity index (χ3n) is 2.67. The maximum Gasteiger partial charge on any atom is 0.219 e. The number of carbonyl (C=O) groups is 1. The molecule has 0 saturated carbocycles. The molecular formula is C11H24N2O3S. The Morgan fingerprint density at radius 1 is 1.18 bits per heavy atom. The second-order valence-corrected chi connectivity index (χ2v) is 6.86. The number of carbonyl (C=O) groups excluding carboxylic acids is 1. The van der Waals surface area contributed by atoms with Gasteiger partial charge in [-0.2, -0.15) is 0 Å². The zero-order valence-corrected chi connectivity index (χ0v) is 12.2. The molecule has 0 bridgehead atoms. The molecule has 0 saturated heterocycles. The molecule has 0 aliphatic heterocycles. The Labute approximate surface area is 105 Å². The number of rotatable bonds is 7. The molecule has 0 aliphatic rings. The lowest BCUT2D eigenvalue weighted by Gasteiger charge is -2.24. The van der Waals surface area contributed by atoms with E-state index in [1.165, 1.54) is 24.5 Å². The molecule has 17 heavy (non-hydrogen) atoms. The summed E-state index contributed by atoms with van der Waals surface area (Å²) in [5.74, 6) is 0.525. The van der Waals surface area contributed by atoms with Crippen LogP contribution in [0, 0.1) is 5.92 Å². The van der Waals surface area contributed by atoms with Gasteiger partial charge in [0.15, 0.2) is 0 Å². The fraction of sp³-hybridized carbons (Fsp3) is 0.909. The Kier molecular flexibility index (Phi) is 6.70. The van der Waals surface area contributed by atoms with Gasteiger partial charge in [-0.05, 0) is 12.3 Å². The van der Waals surface area contributed by atoms with E-state index in [1.807, 2.05) is 0 Å². The van der Waals surface area contributed by atoms with E-state index < -0.39 is 10.0 Å². The Bertz CT molecular complexity index is 339. The smallest absolute Gasteiger partial charge is 0.219 e. The molecule has 0 aromatic carbocycles. The number of likely N-dealkylation sites (N-methyl/N-ethyl adjacent to an activating group) is 1. The van der Waals surface area contributed by atoms with E-state index in [1.54, 1.807) is 4.90 Å². The summed E-state index contributed by atoms with van der Waals surface area (Å²) < 4.78 is 23.7. The SMILES string of the molecule is CC(=O)N(CCC(C)C)CCN(C)S(C)(=O)=O. The first kappa shape index (κ1) is 16.4. The molecule has 5 nitrogen and oxygen atoms in total. The molecule has 1 amide bonds. The molecular weight excluding hydrogens is 240 g/mol. The zero-order chi connectivity index (χ0) is 13.6. The van der Waals surface area contributed by atoms with Crippen molar-refractivity contribution in [2.75, 3.05) is 32.9 Å². The first-order valence-electron chi connectivity index (χ1n) is 5.81. The number of nitrogens with zero attached hydrogens (tertiary/aromatic N) is 2. The molecule has 0 rings (SSSR count). The first-order valence-corrected chi connectivity index (χ1v) is 7.66. The highest BCUT2D eigenvalue weighted by Crippen LogP contribution is 2.03. The summed E-state index contributed by atoms with van der Waals surface area (Å²) in [5.41, 5.74) is 0. The monoisotopic (exact) mass is 264 g/mol. The van der Waals surface area contributed by atoms with Crippen LogP contribution in [0.1, 0.15) is 27.2 Å². The van der Waals surface area contributed by atoms with Crippen molar-refractivity contribution in [3.05, 3.63) is 0 Å². The van der Waals surface area contributed by atoms with E-state index in [0.717, 1.165) is 6.42 Å². The van der Waals surface area contributed by atoms with Crippen LogP contribution in [0.4, 0.5) is 0 Å². The summed E-state index contributed by atoms with van der Waals surface area (Å²) in [4.78, 5) is 13.1. The summed E-state index contributed by atoms with van der Waals surface area (Å²) in [6.07, 6.45) is 2.10. The molecule has 0 N–H and O–H groups in total. The van der Waals surface area contributed by atoms with Crippen LogP contribution in [-0.2, 0) is 14.8 Å². The van der Waals surface area contributed by atoms with Gasteiger partial charge in [0, 0.05) is 33.6 Å². The summed E-state index contributed by atoms with van der Waals surface area (Å²) >= 11 is 0. The van der Waals surface area contributed by atoms with Gasteiger partial charge in [0.1, 0.15) is 0 Å². The molecule has 0 radical (unpaired) electrons. The van der Waals surface area contributed by atoms with Crippen molar-refractivity contribution in [2.24, 2.45) is 5.92 Å². The minimum Gasteiger partial charge on any atom is -0.342 e. The van der Waals surface area contributed by atoms with Gasteiger partial charge in [0.2, 0.25) is 15.9 Å². The van der Waals surface area contributed by atoms with Crippen LogP contribution in [-0.4, -0.2) is 56.5 Å². The third kappa shape index (κ3) is 7.33. The van der Waals surface area contributed by atoms with E-state index in [9.17, 15) is 13.2 Å². The van der Waals surface area contributed by atoms with Crippen molar-refractivity contribution in [1.29, 1.82) is 0 Å². The molecule has 102 valence electrons. The Morgan fingerprint density at radius 3 is 2.06 bits per heavy atom. The van der Waals surface area contributed by atoms with Crippen molar-refractivity contribution < 1.29 is 13.2 Å². The van der Waals surface area contributed by atoms with Crippen LogP contribution in [0.15, 0.2) is 0 Å². The van der Waals surface area contributed by atoms with Crippen LogP contribution >= 0.6 is 0 Å². The molecule has 0 aromatic rings. The number of hydrogen-bond donors (Lipinski definition) is 0. The lowest BCUT2D eigenvalue weighted by atomic mass is 10.1. The van der Waals surface area contributed by atoms with E-state index in [4.69, 9.17) is 0 Å². The number of hydrogen-bond acceptors (Lipinski definition) is 3. The number of amides is 1. The van der Waals surface area contributed by atoms with Crippen molar-refractivity contribution in [3.63, 3.8) is 0 Å². The van der Waals surface area contributed by atoms with Gasteiger partial charge in [0.05, 0.1) is 6.26 Å². The summed E-state index contributed by atoms with van der Waals surface area (Å²) in [6, 6.07) is 0. The van der Waals surface area contributed by atoms with Crippen molar-refractivity contribution in [1.82, 2.24) is 9.21 Å². The second-order valence-electron chi connectivity index (χ2n) is 4.77. The maximum atomic E-state index is 11.4. The molecule has 6 heteroatoms. The normalized spacial score (nSPS) is 12.2. The predicted octanol–water partition coefficient (Wildman–Crippen LogP) is 0.772. The van der Waals surface area contributed by atoms with Crippen LogP contribution < -0.4 is 0 Å². The Morgan fingerprint density at radius 2 is 1.71 bits per heavy atom. The minimum atomic E-state index is -3.16. The first-order chi connectivity index (χ1) is 7.64. The fourth-order valence-electron chi connectivity index (χ4n) is 1.27. The summed E-state index contributed by atoms with van der Waals surface area (Å²) in [5, 5.41) is 0. The summed E-state index contributed by atoms with van der Waals surface area (Å²) in [6.45, 7) is 7.19. The van der Waals surface area contributed by atoms with Crippen molar-refractivity contribution >= 4 is 15.9 Å².